The molecular weight excluding hydrogens is 398 g/mol. The van der Waals surface area contributed by atoms with Crippen LogP contribution in [0.2, 0.25) is 0 Å². The Morgan fingerprint density at radius 2 is 1.72 bits per heavy atom. The molecule has 1 N–H and O–H groups in total. The number of aliphatic hydroxyl groups is 1. The van der Waals surface area contributed by atoms with Crippen LogP contribution in [0.15, 0.2) is 48.5 Å². The third-order valence-electron chi connectivity index (χ3n) is 7.04. The lowest BCUT2D eigenvalue weighted by molar-refractivity contribution is -0.120. The lowest BCUT2D eigenvalue weighted by Gasteiger charge is -2.35. The number of piperazine rings is 1. The second-order valence-corrected chi connectivity index (χ2v) is 9.35. The number of hydrogen-bond acceptors (Lipinski definition) is 4. The minimum absolute atomic E-state index is 0.0263. The van der Waals surface area contributed by atoms with Crippen LogP contribution >= 0.6 is 0 Å². The van der Waals surface area contributed by atoms with Crippen LogP contribution in [0.3, 0.4) is 0 Å². The Kier molecular flexibility index (Phi) is 7.48. The molecule has 0 spiro atoms. The summed E-state index contributed by atoms with van der Waals surface area (Å²) in [6.45, 7) is 7.12. The van der Waals surface area contributed by atoms with Crippen LogP contribution in [0, 0.1) is 5.92 Å². The number of nitrogens with zero attached hydrogens (tertiary/aromatic N) is 3. The van der Waals surface area contributed by atoms with Gasteiger partial charge >= 0.3 is 0 Å². The number of amides is 1. The van der Waals surface area contributed by atoms with Crippen molar-refractivity contribution in [3.05, 3.63) is 59.7 Å². The molecule has 32 heavy (non-hydrogen) atoms. The minimum atomic E-state index is -0.419. The Labute approximate surface area is 192 Å². The highest BCUT2D eigenvalue weighted by molar-refractivity contribution is 5.97. The van der Waals surface area contributed by atoms with Gasteiger partial charge in [-0.15, -0.1) is 0 Å². The van der Waals surface area contributed by atoms with E-state index in [9.17, 15) is 9.90 Å². The van der Waals surface area contributed by atoms with Gasteiger partial charge in [0.15, 0.2) is 0 Å². The number of para-hydroxylation sites is 1. The highest BCUT2D eigenvalue weighted by Crippen LogP contribution is 2.32. The molecule has 1 unspecified atom stereocenters. The third kappa shape index (κ3) is 5.16. The van der Waals surface area contributed by atoms with E-state index >= 15 is 0 Å². The summed E-state index contributed by atoms with van der Waals surface area (Å²) < 4.78 is 0. The van der Waals surface area contributed by atoms with Gasteiger partial charge in [-0.1, -0.05) is 50.1 Å². The quantitative estimate of drug-likeness (QED) is 0.673. The number of anilines is 2. The highest BCUT2D eigenvalue weighted by Gasteiger charge is 2.33. The lowest BCUT2D eigenvalue weighted by Crippen LogP contribution is -2.44. The number of carbonyl (C=O) groups excluding carboxylic acids is 1. The summed E-state index contributed by atoms with van der Waals surface area (Å²) in [6.07, 6.45) is 4.15. The fourth-order valence-corrected chi connectivity index (χ4v) is 4.93. The maximum Gasteiger partial charge on any atom is 0.230 e. The maximum atomic E-state index is 13.3. The van der Waals surface area contributed by atoms with Gasteiger partial charge in [0.2, 0.25) is 5.91 Å². The van der Waals surface area contributed by atoms with E-state index in [1.807, 2.05) is 29.2 Å². The first kappa shape index (κ1) is 22.8. The van der Waals surface area contributed by atoms with Crippen molar-refractivity contribution in [2.24, 2.45) is 5.92 Å². The van der Waals surface area contributed by atoms with E-state index < -0.39 is 6.10 Å². The molecule has 1 amide bonds. The summed E-state index contributed by atoms with van der Waals surface area (Å²) in [5.41, 5.74) is 4.45. The van der Waals surface area contributed by atoms with Crippen LogP contribution < -0.4 is 9.80 Å². The van der Waals surface area contributed by atoms with Crippen molar-refractivity contribution < 1.29 is 9.90 Å². The number of rotatable bonds is 8. The summed E-state index contributed by atoms with van der Waals surface area (Å²) in [5, 5.41) is 10.3. The molecular formula is C27H37N3O2. The van der Waals surface area contributed by atoms with Crippen molar-refractivity contribution in [3.8, 4) is 0 Å². The maximum absolute atomic E-state index is 13.3. The Bertz CT molecular complexity index is 890. The van der Waals surface area contributed by atoms with Crippen molar-refractivity contribution in [2.75, 3.05) is 49.6 Å². The van der Waals surface area contributed by atoms with Crippen LogP contribution in [-0.2, 0) is 11.2 Å². The molecule has 5 heteroatoms. The molecule has 2 fully saturated rings. The van der Waals surface area contributed by atoms with E-state index in [0.717, 1.165) is 76.1 Å². The van der Waals surface area contributed by atoms with Crippen LogP contribution in [0.4, 0.5) is 11.4 Å². The average Bonchev–Trinajstić information content (AvgIpc) is 3.18. The molecule has 172 valence electrons. The molecule has 0 saturated carbocycles. The number of carbonyl (C=O) groups is 1. The second-order valence-electron chi connectivity index (χ2n) is 9.35. The minimum Gasteiger partial charge on any atom is -0.388 e. The molecule has 4 rings (SSSR count). The zero-order valence-corrected chi connectivity index (χ0v) is 19.5. The Morgan fingerprint density at radius 3 is 2.44 bits per heavy atom. The van der Waals surface area contributed by atoms with Crippen molar-refractivity contribution in [2.45, 2.75) is 45.1 Å². The Balaban J connectivity index is 1.41. The van der Waals surface area contributed by atoms with Gasteiger partial charge in [0.1, 0.15) is 0 Å². The predicted molar refractivity (Wildman–Crippen MR) is 131 cm³/mol. The molecule has 2 aliphatic rings. The molecule has 2 saturated heterocycles. The fourth-order valence-electron chi connectivity index (χ4n) is 4.93. The summed E-state index contributed by atoms with van der Waals surface area (Å²) >= 11 is 0. The average molecular weight is 436 g/mol. The SMILES string of the molecule is CCCCC(O)c1ccc(N2CC[C@H](Cc3ccccc3N3CCN(C)CC3)C2=O)cc1. The van der Waals surface area contributed by atoms with Gasteiger partial charge < -0.3 is 19.8 Å². The third-order valence-corrected chi connectivity index (χ3v) is 7.04. The van der Waals surface area contributed by atoms with E-state index in [4.69, 9.17) is 0 Å². The molecule has 2 aliphatic heterocycles. The summed E-state index contributed by atoms with van der Waals surface area (Å²) in [7, 11) is 2.17. The fraction of sp³-hybridized carbons (Fsp3) is 0.519. The standard InChI is InChI=1S/C27H37N3O2/c1-3-4-9-26(31)21-10-12-24(13-11-21)30-15-14-23(27(30)32)20-22-7-5-6-8-25(22)29-18-16-28(2)17-19-29/h5-8,10-13,23,26,31H,3-4,9,14-20H2,1-2H3/t23-,26?/m1/s1. The summed E-state index contributed by atoms with van der Waals surface area (Å²) in [6, 6.07) is 16.5. The van der Waals surface area contributed by atoms with Gasteiger partial charge in [-0.3, -0.25) is 4.79 Å². The van der Waals surface area contributed by atoms with Gasteiger partial charge in [-0.05, 0) is 55.6 Å². The molecule has 0 radical (unpaired) electrons. The van der Waals surface area contributed by atoms with Gasteiger partial charge in [0, 0.05) is 50.0 Å². The summed E-state index contributed by atoms with van der Waals surface area (Å²) in [4.78, 5) is 20.0. The van der Waals surface area contributed by atoms with Crippen LogP contribution in [0.25, 0.3) is 0 Å². The number of likely N-dealkylation sites (N-methyl/N-ethyl adjacent to an activating group) is 1. The van der Waals surface area contributed by atoms with Crippen molar-refractivity contribution >= 4 is 17.3 Å². The van der Waals surface area contributed by atoms with E-state index in [0.29, 0.717) is 0 Å². The van der Waals surface area contributed by atoms with E-state index in [2.05, 4.69) is 48.0 Å². The predicted octanol–water partition coefficient (Wildman–Crippen LogP) is 4.26. The van der Waals surface area contributed by atoms with Crippen LogP contribution in [0.5, 0.6) is 0 Å². The second kappa shape index (κ2) is 10.5. The number of benzene rings is 2. The smallest absolute Gasteiger partial charge is 0.230 e. The van der Waals surface area contributed by atoms with Gasteiger partial charge in [-0.2, -0.15) is 0 Å². The number of hydrogen-bond donors (Lipinski definition) is 1. The highest BCUT2D eigenvalue weighted by atomic mass is 16.3. The monoisotopic (exact) mass is 435 g/mol. The molecule has 0 aliphatic carbocycles. The molecule has 2 atom stereocenters. The zero-order chi connectivity index (χ0) is 22.5. The number of unbranched alkanes of at least 4 members (excludes halogenated alkanes) is 1. The zero-order valence-electron chi connectivity index (χ0n) is 19.5. The molecule has 2 heterocycles. The van der Waals surface area contributed by atoms with Crippen molar-refractivity contribution in [1.82, 2.24) is 4.90 Å². The first-order valence-corrected chi connectivity index (χ1v) is 12.2. The normalized spacial score (nSPS) is 20.7. The lowest BCUT2D eigenvalue weighted by atomic mass is 9.96. The molecule has 5 nitrogen and oxygen atoms in total. The Hall–Kier alpha value is -2.37. The first-order chi connectivity index (χ1) is 15.6. The Morgan fingerprint density at radius 1 is 1.00 bits per heavy atom. The van der Waals surface area contributed by atoms with E-state index in [1.54, 1.807) is 0 Å². The van der Waals surface area contributed by atoms with Crippen molar-refractivity contribution in [1.29, 1.82) is 0 Å². The molecule has 0 bridgehead atoms. The molecule has 0 aromatic heterocycles. The van der Waals surface area contributed by atoms with E-state index in [-0.39, 0.29) is 11.8 Å². The summed E-state index contributed by atoms with van der Waals surface area (Å²) in [5.74, 6) is 0.246. The van der Waals surface area contributed by atoms with Crippen LogP contribution in [0.1, 0.15) is 49.8 Å². The van der Waals surface area contributed by atoms with Crippen molar-refractivity contribution in [3.63, 3.8) is 0 Å². The first-order valence-electron chi connectivity index (χ1n) is 12.2. The van der Waals surface area contributed by atoms with Gasteiger partial charge in [0.05, 0.1) is 6.10 Å². The molecule has 2 aromatic rings. The largest absolute Gasteiger partial charge is 0.388 e. The van der Waals surface area contributed by atoms with Gasteiger partial charge in [0.25, 0.3) is 0 Å². The topological polar surface area (TPSA) is 47.0 Å². The van der Waals surface area contributed by atoms with Crippen LogP contribution in [-0.4, -0.2) is 55.7 Å². The number of aliphatic hydroxyl groups excluding tert-OH is 1. The van der Waals surface area contributed by atoms with Gasteiger partial charge in [-0.25, -0.2) is 0 Å². The van der Waals surface area contributed by atoms with E-state index in [1.165, 1.54) is 11.3 Å². The molecule has 2 aromatic carbocycles.